The van der Waals surface area contributed by atoms with Crippen molar-refractivity contribution in [3.63, 3.8) is 0 Å². The minimum atomic E-state index is -4.01. The zero-order chi connectivity index (χ0) is 15.5. The molecule has 5 nitrogen and oxygen atoms in total. The number of carbonyl (C=O) groups excluding carboxylic acids is 1. The fourth-order valence-corrected chi connectivity index (χ4v) is 1.96. The summed E-state index contributed by atoms with van der Waals surface area (Å²) in [7, 11) is 0. The zero-order valence-corrected chi connectivity index (χ0v) is 11.1. The molecule has 1 aromatic rings. The molecule has 0 bridgehead atoms. The number of benzene rings is 1. The average molecular weight is 299 g/mol. The van der Waals surface area contributed by atoms with Crippen molar-refractivity contribution in [2.45, 2.75) is 31.4 Å². The number of rotatable bonds is 6. The lowest BCUT2D eigenvalue weighted by atomic mass is 10.1. The van der Waals surface area contributed by atoms with Crippen LogP contribution >= 0.6 is 0 Å². The molecule has 0 saturated heterocycles. The standard InChI is InChI=1S/C14H15F2NO4/c15-14(16,12(18)19)11(10-6-7-10)17-13(20)21-8-9-4-2-1-3-5-9/h1-5,10-11H,6-8H2,(H,17,20)(H,18,19). The number of alkyl carbamates (subject to hydrolysis) is 1. The molecule has 21 heavy (non-hydrogen) atoms. The molecule has 1 amide bonds. The molecule has 1 aliphatic rings. The minimum absolute atomic E-state index is 0.0668. The van der Waals surface area contributed by atoms with E-state index in [9.17, 15) is 18.4 Å². The van der Waals surface area contributed by atoms with E-state index < -0.39 is 29.9 Å². The topological polar surface area (TPSA) is 75.6 Å². The van der Waals surface area contributed by atoms with Gasteiger partial charge < -0.3 is 15.2 Å². The van der Waals surface area contributed by atoms with Crippen LogP contribution in [0.25, 0.3) is 0 Å². The van der Waals surface area contributed by atoms with Crippen LogP contribution in [0.4, 0.5) is 13.6 Å². The van der Waals surface area contributed by atoms with Gasteiger partial charge in [0.25, 0.3) is 0 Å². The van der Waals surface area contributed by atoms with E-state index in [1.165, 1.54) is 0 Å². The molecule has 2 rings (SSSR count). The molecule has 1 unspecified atom stereocenters. The highest BCUT2D eigenvalue weighted by Gasteiger charge is 2.54. The summed E-state index contributed by atoms with van der Waals surface area (Å²) in [5.41, 5.74) is 0.709. The molecule has 1 aliphatic carbocycles. The summed E-state index contributed by atoms with van der Waals surface area (Å²) < 4.78 is 31.9. The predicted octanol–water partition coefficient (Wildman–Crippen LogP) is 2.41. The summed E-state index contributed by atoms with van der Waals surface area (Å²) in [5.74, 6) is -6.78. The van der Waals surface area contributed by atoms with Gasteiger partial charge in [0.05, 0.1) is 0 Å². The Hall–Kier alpha value is -2.18. The fraction of sp³-hybridized carbons (Fsp3) is 0.429. The van der Waals surface area contributed by atoms with Gasteiger partial charge in [0, 0.05) is 0 Å². The molecule has 0 heterocycles. The zero-order valence-electron chi connectivity index (χ0n) is 11.1. The van der Waals surface area contributed by atoms with Gasteiger partial charge in [0.2, 0.25) is 0 Å². The molecule has 0 aromatic heterocycles. The minimum Gasteiger partial charge on any atom is -0.477 e. The lowest BCUT2D eigenvalue weighted by Gasteiger charge is -2.24. The van der Waals surface area contributed by atoms with Gasteiger partial charge in [-0.2, -0.15) is 8.78 Å². The van der Waals surface area contributed by atoms with E-state index in [-0.39, 0.29) is 6.61 Å². The first-order chi connectivity index (χ1) is 9.91. The van der Waals surface area contributed by atoms with E-state index in [4.69, 9.17) is 9.84 Å². The number of carboxylic acid groups (broad SMARTS) is 1. The Morgan fingerprint density at radius 2 is 1.95 bits per heavy atom. The van der Waals surface area contributed by atoms with Crippen LogP contribution in [0.15, 0.2) is 30.3 Å². The van der Waals surface area contributed by atoms with Gasteiger partial charge >= 0.3 is 18.0 Å². The van der Waals surface area contributed by atoms with Crippen molar-refractivity contribution in [3.05, 3.63) is 35.9 Å². The molecule has 1 atom stereocenters. The number of ether oxygens (including phenoxy) is 1. The highest BCUT2D eigenvalue weighted by Crippen LogP contribution is 2.39. The largest absolute Gasteiger partial charge is 0.477 e. The quantitative estimate of drug-likeness (QED) is 0.846. The van der Waals surface area contributed by atoms with Crippen LogP contribution in [0.2, 0.25) is 0 Å². The van der Waals surface area contributed by atoms with Crippen LogP contribution in [0, 0.1) is 5.92 Å². The maximum absolute atomic E-state index is 13.6. The third-order valence-corrected chi connectivity index (χ3v) is 3.26. The predicted molar refractivity (Wildman–Crippen MR) is 68.9 cm³/mol. The summed E-state index contributed by atoms with van der Waals surface area (Å²) >= 11 is 0. The van der Waals surface area contributed by atoms with E-state index in [1.807, 2.05) is 5.32 Å². The average Bonchev–Trinajstić information content (AvgIpc) is 3.27. The summed E-state index contributed by atoms with van der Waals surface area (Å²) in [5, 5.41) is 10.5. The monoisotopic (exact) mass is 299 g/mol. The number of hydrogen-bond donors (Lipinski definition) is 2. The van der Waals surface area contributed by atoms with Gasteiger partial charge in [-0.3, -0.25) is 0 Å². The van der Waals surface area contributed by atoms with Crippen molar-refractivity contribution in [3.8, 4) is 0 Å². The second-order valence-electron chi connectivity index (χ2n) is 4.95. The third-order valence-electron chi connectivity index (χ3n) is 3.26. The van der Waals surface area contributed by atoms with Gasteiger partial charge in [-0.25, -0.2) is 9.59 Å². The molecule has 2 N–H and O–H groups in total. The second-order valence-corrected chi connectivity index (χ2v) is 4.95. The SMILES string of the molecule is O=C(NC(C1CC1)C(F)(F)C(=O)O)OCc1ccccc1. The van der Waals surface area contributed by atoms with Crippen molar-refractivity contribution in [2.24, 2.45) is 5.92 Å². The van der Waals surface area contributed by atoms with Crippen LogP contribution in [-0.2, 0) is 16.1 Å². The van der Waals surface area contributed by atoms with E-state index in [0.29, 0.717) is 18.4 Å². The number of carboxylic acids is 1. The molecule has 114 valence electrons. The van der Waals surface area contributed by atoms with Gasteiger partial charge in [-0.15, -0.1) is 0 Å². The first kappa shape index (κ1) is 15.2. The second kappa shape index (κ2) is 6.07. The molecule has 1 fully saturated rings. The summed E-state index contributed by atoms with van der Waals surface area (Å²) in [4.78, 5) is 22.2. The van der Waals surface area contributed by atoms with Crippen LogP contribution in [0.5, 0.6) is 0 Å². The van der Waals surface area contributed by atoms with Crippen molar-refractivity contribution in [2.75, 3.05) is 0 Å². The lowest BCUT2D eigenvalue weighted by Crippen LogP contribution is -2.53. The molecular weight excluding hydrogens is 284 g/mol. The molecule has 0 radical (unpaired) electrons. The number of alkyl halides is 2. The van der Waals surface area contributed by atoms with Gasteiger partial charge in [0.1, 0.15) is 12.6 Å². The molecule has 0 spiro atoms. The first-order valence-electron chi connectivity index (χ1n) is 6.49. The normalized spacial score (nSPS) is 16.1. The molecule has 7 heteroatoms. The maximum atomic E-state index is 13.6. The number of nitrogens with one attached hydrogen (secondary N) is 1. The molecule has 1 saturated carbocycles. The van der Waals surface area contributed by atoms with E-state index >= 15 is 0 Å². The van der Waals surface area contributed by atoms with Gasteiger partial charge in [0.15, 0.2) is 0 Å². The molecule has 1 aromatic carbocycles. The summed E-state index contributed by atoms with van der Waals surface area (Å²) in [6.07, 6.45) is -0.115. The van der Waals surface area contributed by atoms with Gasteiger partial charge in [-0.05, 0) is 24.3 Å². The number of aliphatic carboxylic acids is 1. The van der Waals surface area contributed by atoms with Crippen LogP contribution < -0.4 is 5.32 Å². The summed E-state index contributed by atoms with van der Waals surface area (Å²) in [6.45, 7) is -0.0668. The number of carbonyl (C=O) groups is 2. The first-order valence-corrected chi connectivity index (χ1v) is 6.49. The van der Waals surface area contributed by atoms with Crippen LogP contribution in [0.3, 0.4) is 0 Å². The van der Waals surface area contributed by atoms with E-state index in [0.717, 1.165) is 0 Å². The van der Waals surface area contributed by atoms with Crippen LogP contribution in [-0.4, -0.2) is 29.1 Å². The van der Waals surface area contributed by atoms with Crippen molar-refractivity contribution < 1.29 is 28.2 Å². The molecule has 0 aliphatic heterocycles. The lowest BCUT2D eigenvalue weighted by molar-refractivity contribution is -0.170. The Morgan fingerprint density at radius 3 is 2.48 bits per heavy atom. The van der Waals surface area contributed by atoms with E-state index in [1.54, 1.807) is 30.3 Å². The maximum Gasteiger partial charge on any atom is 0.407 e. The van der Waals surface area contributed by atoms with Gasteiger partial charge in [-0.1, -0.05) is 30.3 Å². The highest BCUT2D eigenvalue weighted by atomic mass is 19.3. The van der Waals surface area contributed by atoms with Crippen molar-refractivity contribution in [1.82, 2.24) is 5.32 Å². The Balaban J connectivity index is 1.92. The summed E-state index contributed by atoms with van der Waals surface area (Å²) in [6, 6.07) is 7.00. The Bertz CT molecular complexity index is 517. The van der Waals surface area contributed by atoms with Crippen molar-refractivity contribution >= 4 is 12.1 Å². The fourth-order valence-electron chi connectivity index (χ4n) is 1.96. The number of halogens is 2. The Labute approximate surface area is 119 Å². The highest BCUT2D eigenvalue weighted by molar-refractivity contribution is 5.78. The van der Waals surface area contributed by atoms with E-state index in [2.05, 4.69) is 0 Å². The van der Waals surface area contributed by atoms with Crippen LogP contribution in [0.1, 0.15) is 18.4 Å². The smallest absolute Gasteiger partial charge is 0.407 e. The molecular formula is C14H15F2NO4. The number of amides is 1. The van der Waals surface area contributed by atoms with Crippen molar-refractivity contribution in [1.29, 1.82) is 0 Å². The Kier molecular flexibility index (Phi) is 4.40. The number of hydrogen-bond acceptors (Lipinski definition) is 3. The third kappa shape index (κ3) is 3.90. The Morgan fingerprint density at radius 1 is 1.33 bits per heavy atom.